The van der Waals surface area contributed by atoms with Crippen molar-refractivity contribution in [2.45, 2.75) is 31.2 Å². The van der Waals surface area contributed by atoms with E-state index >= 15 is 0 Å². The van der Waals surface area contributed by atoms with Crippen LogP contribution in [-0.2, 0) is 14.3 Å². The Morgan fingerprint density at radius 3 is 2.54 bits per heavy atom. The van der Waals surface area contributed by atoms with Crippen molar-refractivity contribution in [1.29, 1.82) is 0 Å². The van der Waals surface area contributed by atoms with Crippen molar-refractivity contribution in [2.24, 2.45) is 5.92 Å². The minimum atomic E-state index is -0.985. The first-order valence-corrected chi connectivity index (χ1v) is 8.78. The molecule has 1 aromatic rings. The maximum Gasteiger partial charge on any atom is 0.323 e. The lowest BCUT2D eigenvalue weighted by molar-refractivity contribution is -0.148. The number of carbonyl (C=O) groups excluding carboxylic acids is 1. The molecule has 1 saturated heterocycles. The lowest BCUT2D eigenvalue weighted by Gasteiger charge is -2.33. The lowest BCUT2D eigenvalue weighted by atomic mass is 10.0. The number of benzene rings is 1. The van der Waals surface area contributed by atoms with Crippen LogP contribution in [0.2, 0.25) is 10.0 Å². The van der Waals surface area contributed by atoms with Gasteiger partial charge in [-0.05, 0) is 42.9 Å². The molecular weight excluding hydrogens is 353 g/mol. The van der Waals surface area contributed by atoms with Gasteiger partial charge in [0.1, 0.15) is 6.54 Å². The van der Waals surface area contributed by atoms with Crippen molar-refractivity contribution >= 4 is 35.1 Å². The smallest absolute Gasteiger partial charge is 0.323 e. The van der Waals surface area contributed by atoms with Crippen molar-refractivity contribution in [2.75, 3.05) is 19.8 Å². The van der Waals surface area contributed by atoms with E-state index in [1.54, 1.807) is 12.1 Å². The van der Waals surface area contributed by atoms with E-state index in [0.717, 1.165) is 12.0 Å². The van der Waals surface area contributed by atoms with E-state index in [4.69, 9.17) is 33.0 Å². The first-order chi connectivity index (χ1) is 11.5. The number of amides is 1. The molecule has 1 aliphatic carbocycles. The Morgan fingerprint density at radius 2 is 1.92 bits per heavy atom. The summed E-state index contributed by atoms with van der Waals surface area (Å²) >= 11 is 12.0. The molecule has 2 aliphatic rings. The van der Waals surface area contributed by atoms with E-state index < -0.39 is 5.97 Å². The SMILES string of the molecule is O=C(O)CN(C(=O)[C@H]1C[C@@H]1c1ccc(Cl)c(Cl)c1)C1CCOCC1. The maximum absolute atomic E-state index is 12.8. The molecule has 0 radical (unpaired) electrons. The van der Waals surface area contributed by atoms with Gasteiger partial charge >= 0.3 is 5.97 Å². The van der Waals surface area contributed by atoms with Crippen LogP contribution in [0.3, 0.4) is 0 Å². The van der Waals surface area contributed by atoms with E-state index in [2.05, 4.69) is 0 Å². The molecule has 1 heterocycles. The van der Waals surface area contributed by atoms with Gasteiger partial charge in [0, 0.05) is 25.2 Å². The van der Waals surface area contributed by atoms with Gasteiger partial charge in [0.15, 0.2) is 0 Å². The standard InChI is InChI=1S/C17H19Cl2NO4/c18-14-2-1-10(7-15(14)19)12-8-13(12)17(23)20(9-16(21)22)11-3-5-24-6-4-11/h1-2,7,11-13H,3-6,8-9H2,(H,21,22)/t12-,13+/m1/s1. The summed E-state index contributed by atoms with van der Waals surface area (Å²) < 4.78 is 5.31. The lowest BCUT2D eigenvalue weighted by Crippen LogP contribution is -2.46. The zero-order valence-electron chi connectivity index (χ0n) is 13.1. The highest BCUT2D eigenvalue weighted by Crippen LogP contribution is 2.49. The number of hydrogen-bond donors (Lipinski definition) is 1. The average molecular weight is 372 g/mol. The summed E-state index contributed by atoms with van der Waals surface area (Å²) in [6.07, 6.45) is 2.09. The third-order valence-corrected chi connectivity index (χ3v) is 5.44. The van der Waals surface area contributed by atoms with Crippen LogP contribution < -0.4 is 0 Å². The summed E-state index contributed by atoms with van der Waals surface area (Å²) in [7, 11) is 0. The van der Waals surface area contributed by atoms with Crippen LogP contribution in [0.5, 0.6) is 0 Å². The van der Waals surface area contributed by atoms with Gasteiger partial charge in [-0.3, -0.25) is 9.59 Å². The van der Waals surface area contributed by atoms with Gasteiger partial charge in [-0.2, -0.15) is 0 Å². The van der Waals surface area contributed by atoms with Crippen LogP contribution in [0.25, 0.3) is 0 Å². The normalized spacial score (nSPS) is 23.8. The van der Waals surface area contributed by atoms with Crippen LogP contribution in [0, 0.1) is 5.92 Å². The van der Waals surface area contributed by atoms with Crippen molar-refractivity contribution < 1.29 is 19.4 Å². The topological polar surface area (TPSA) is 66.8 Å². The van der Waals surface area contributed by atoms with Gasteiger partial charge in [0.05, 0.1) is 10.0 Å². The van der Waals surface area contributed by atoms with E-state index in [1.165, 1.54) is 4.90 Å². The van der Waals surface area contributed by atoms with Crippen LogP contribution in [0.1, 0.15) is 30.7 Å². The van der Waals surface area contributed by atoms with Crippen LogP contribution in [-0.4, -0.2) is 47.7 Å². The third kappa shape index (κ3) is 3.85. The molecule has 0 unspecified atom stereocenters. The Balaban J connectivity index is 1.71. The summed E-state index contributed by atoms with van der Waals surface area (Å²) in [6, 6.07) is 5.34. The molecule has 1 amide bonds. The van der Waals surface area contributed by atoms with Crippen LogP contribution in [0.4, 0.5) is 0 Å². The largest absolute Gasteiger partial charge is 0.480 e. The van der Waals surface area contributed by atoms with Crippen molar-refractivity contribution in [3.8, 4) is 0 Å². The highest BCUT2D eigenvalue weighted by molar-refractivity contribution is 6.42. The number of rotatable bonds is 5. The number of aliphatic carboxylic acids is 1. The van der Waals surface area contributed by atoms with Crippen LogP contribution in [0.15, 0.2) is 18.2 Å². The highest BCUT2D eigenvalue weighted by Gasteiger charge is 2.47. The predicted octanol–water partition coefficient (Wildman–Crippen LogP) is 3.19. The second-order valence-electron chi connectivity index (χ2n) is 6.33. The Bertz CT molecular complexity index is 645. The van der Waals surface area contributed by atoms with Gasteiger partial charge in [-0.15, -0.1) is 0 Å². The summed E-state index contributed by atoms with van der Waals surface area (Å²) in [4.78, 5) is 25.5. The Morgan fingerprint density at radius 1 is 1.21 bits per heavy atom. The average Bonchev–Trinajstić information content (AvgIpc) is 3.36. The number of halogens is 2. The number of carboxylic acids is 1. The van der Waals surface area contributed by atoms with E-state index in [-0.39, 0.29) is 30.3 Å². The fraction of sp³-hybridized carbons (Fsp3) is 0.529. The number of carbonyl (C=O) groups is 2. The van der Waals surface area contributed by atoms with E-state index in [9.17, 15) is 9.59 Å². The maximum atomic E-state index is 12.8. The molecule has 0 bridgehead atoms. The molecule has 24 heavy (non-hydrogen) atoms. The van der Waals surface area contributed by atoms with Gasteiger partial charge in [-0.1, -0.05) is 29.3 Å². The van der Waals surface area contributed by atoms with E-state index in [0.29, 0.717) is 36.1 Å². The zero-order valence-corrected chi connectivity index (χ0v) is 14.6. The molecular formula is C17H19Cl2NO4. The molecule has 2 fully saturated rings. The van der Waals surface area contributed by atoms with Gasteiger partial charge < -0.3 is 14.7 Å². The predicted molar refractivity (Wildman–Crippen MR) is 90.5 cm³/mol. The molecule has 7 heteroatoms. The van der Waals surface area contributed by atoms with Gasteiger partial charge in [-0.25, -0.2) is 0 Å². The second kappa shape index (κ2) is 7.30. The summed E-state index contributed by atoms with van der Waals surface area (Å²) in [5.41, 5.74) is 0.977. The number of hydrogen-bond acceptors (Lipinski definition) is 3. The monoisotopic (exact) mass is 371 g/mol. The number of nitrogens with zero attached hydrogens (tertiary/aromatic N) is 1. The van der Waals surface area contributed by atoms with Crippen LogP contribution >= 0.6 is 23.2 Å². The highest BCUT2D eigenvalue weighted by atomic mass is 35.5. The first kappa shape index (κ1) is 17.5. The minimum Gasteiger partial charge on any atom is -0.480 e. The van der Waals surface area contributed by atoms with Crippen molar-refractivity contribution in [3.63, 3.8) is 0 Å². The molecule has 1 saturated carbocycles. The number of carboxylic acid groups (broad SMARTS) is 1. The molecule has 3 rings (SSSR count). The molecule has 1 aliphatic heterocycles. The van der Waals surface area contributed by atoms with Crippen molar-refractivity contribution in [1.82, 2.24) is 4.90 Å². The molecule has 0 aromatic heterocycles. The molecule has 1 N–H and O–H groups in total. The Hall–Kier alpha value is -1.30. The third-order valence-electron chi connectivity index (χ3n) is 4.70. The Labute approximate surface area is 150 Å². The minimum absolute atomic E-state index is 0.0580. The second-order valence-corrected chi connectivity index (χ2v) is 7.14. The quantitative estimate of drug-likeness (QED) is 0.862. The molecule has 5 nitrogen and oxygen atoms in total. The summed E-state index contributed by atoms with van der Waals surface area (Å²) in [6.45, 7) is 0.873. The van der Waals surface area contributed by atoms with Crippen molar-refractivity contribution in [3.05, 3.63) is 33.8 Å². The Kier molecular flexibility index (Phi) is 5.33. The van der Waals surface area contributed by atoms with Gasteiger partial charge in [0.2, 0.25) is 5.91 Å². The summed E-state index contributed by atoms with van der Waals surface area (Å²) in [5.74, 6) is -1.16. The number of ether oxygens (including phenoxy) is 1. The van der Waals surface area contributed by atoms with E-state index in [1.807, 2.05) is 6.07 Å². The molecule has 2 atom stereocenters. The van der Waals surface area contributed by atoms with Gasteiger partial charge in [0.25, 0.3) is 0 Å². The molecule has 0 spiro atoms. The molecule has 130 valence electrons. The molecule has 1 aromatic carbocycles. The first-order valence-electron chi connectivity index (χ1n) is 8.02. The fourth-order valence-corrected chi connectivity index (χ4v) is 3.63. The zero-order chi connectivity index (χ0) is 17.3. The summed E-state index contributed by atoms with van der Waals surface area (Å²) in [5, 5.41) is 10.1. The fourth-order valence-electron chi connectivity index (χ4n) is 3.32.